The second-order valence-electron chi connectivity index (χ2n) is 7.74. The number of carbonyl (C=O) groups is 1. The molecule has 1 saturated heterocycles. The number of nitrogens with zero attached hydrogens (tertiary/aromatic N) is 1. The Morgan fingerprint density at radius 1 is 1.14 bits per heavy atom. The maximum atomic E-state index is 13.0. The van der Waals surface area contributed by atoms with Crippen LogP contribution in [0.5, 0.6) is 11.5 Å². The molecular weight excluding hydrogens is 382 g/mol. The summed E-state index contributed by atoms with van der Waals surface area (Å²) >= 11 is 0. The normalized spacial score (nSPS) is 19.4. The van der Waals surface area contributed by atoms with E-state index in [0.29, 0.717) is 63.4 Å². The van der Waals surface area contributed by atoms with Gasteiger partial charge in [0.25, 0.3) is 5.91 Å². The van der Waals surface area contributed by atoms with Crippen molar-refractivity contribution in [1.82, 2.24) is 9.62 Å². The predicted molar refractivity (Wildman–Crippen MR) is 104 cm³/mol. The van der Waals surface area contributed by atoms with E-state index in [1.807, 2.05) is 6.92 Å². The van der Waals surface area contributed by atoms with E-state index in [-0.39, 0.29) is 16.8 Å². The van der Waals surface area contributed by atoms with Crippen molar-refractivity contribution in [3.8, 4) is 11.5 Å². The Morgan fingerprint density at radius 3 is 2.43 bits per heavy atom. The monoisotopic (exact) mass is 412 g/mol. The Balaban J connectivity index is 1.57. The molecule has 0 radical (unpaired) electrons. The van der Waals surface area contributed by atoms with Crippen molar-refractivity contribution in [1.29, 1.82) is 0 Å². The summed E-state index contributed by atoms with van der Waals surface area (Å²) in [7, 11) is -3.59. The molecule has 1 atom stereocenters. The molecule has 2 aliphatic rings. The molecule has 1 fully saturated rings. The van der Waals surface area contributed by atoms with Crippen LogP contribution in [0.2, 0.25) is 0 Å². The van der Waals surface area contributed by atoms with Gasteiger partial charge in [0.15, 0.2) is 18.0 Å². The molecule has 8 nitrogen and oxygen atoms in total. The van der Waals surface area contributed by atoms with Gasteiger partial charge in [-0.15, -0.1) is 0 Å². The Bertz CT molecular complexity index is 804. The van der Waals surface area contributed by atoms with Crippen molar-refractivity contribution < 1.29 is 27.6 Å². The molecule has 2 heterocycles. The largest absolute Gasteiger partial charge is 0.486 e. The van der Waals surface area contributed by atoms with Crippen LogP contribution < -0.4 is 19.7 Å². The second-order valence-corrected chi connectivity index (χ2v) is 9.67. The average Bonchev–Trinajstić information content (AvgIpc) is 2.67. The molecule has 1 amide bonds. The van der Waals surface area contributed by atoms with E-state index in [0.717, 1.165) is 4.90 Å². The summed E-state index contributed by atoms with van der Waals surface area (Å²) < 4.78 is 38.4. The summed E-state index contributed by atoms with van der Waals surface area (Å²) in [5, 5.41) is 3.01. The number of sulfonamides is 1. The van der Waals surface area contributed by atoms with Crippen LogP contribution in [-0.4, -0.2) is 70.6 Å². The van der Waals surface area contributed by atoms with Crippen LogP contribution in [0.1, 0.15) is 20.8 Å². The van der Waals surface area contributed by atoms with Gasteiger partial charge >= 0.3 is 0 Å². The fraction of sp³-hybridized carbons (Fsp3) is 0.632. The third-order valence-electron chi connectivity index (χ3n) is 5.38. The van der Waals surface area contributed by atoms with Crippen LogP contribution in [0.4, 0.5) is 0 Å². The maximum Gasteiger partial charge on any atom is 0.275 e. The number of benzene rings is 1. The van der Waals surface area contributed by atoms with E-state index in [9.17, 15) is 13.2 Å². The molecule has 0 unspecified atom stereocenters. The van der Waals surface area contributed by atoms with Gasteiger partial charge in [-0.05, 0) is 25.0 Å². The van der Waals surface area contributed by atoms with Gasteiger partial charge in [0.1, 0.15) is 13.2 Å². The minimum atomic E-state index is -3.59. The van der Waals surface area contributed by atoms with Crippen molar-refractivity contribution >= 4 is 15.9 Å². The summed E-state index contributed by atoms with van der Waals surface area (Å²) in [5.74, 6) is 1.43. The number of piperazine rings is 1. The number of fused-ring (bicyclic) bond motifs is 1. The molecule has 28 heavy (non-hydrogen) atoms. The van der Waals surface area contributed by atoms with Gasteiger partial charge in [-0.25, -0.2) is 8.42 Å². The highest BCUT2D eigenvalue weighted by molar-refractivity contribution is 7.89. The highest BCUT2D eigenvalue weighted by Crippen LogP contribution is 2.33. The van der Waals surface area contributed by atoms with Gasteiger partial charge < -0.3 is 19.7 Å². The number of ether oxygens (including phenoxy) is 2. The Labute approximate surface area is 166 Å². The van der Waals surface area contributed by atoms with E-state index >= 15 is 0 Å². The van der Waals surface area contributed by atoms with Crippen LogP contribution in [0, 0.1) is 5.92 Å². The van der Waals surface area contributed by atoms with Gasteiger partial charge in [0.05, 0.1) is 31.1 Å². The predicted octanol–water partition coefficient (Wildman–Crippen LogP) is -0.492. The number of carbonyl (C=O) groups excluding carboxylic acids is 1. The summed E-state index contributed by atoms with van der Waals surface area (Å²) in [4.78, 5) is 13.5. The molecule has 156 valence electrons. The third kappa shape index (κ3) is 4.76. The minimum absolute atomic E-state index is 0.0133. The van der Waals surface area contributed by atoms with E-state index < -0.39 is 10.0 Å². The number of amides is 1. The highest BCUT2D eigenvalue weighted by atomic mass is 32.2. The molecule has 0 spiro atoms. The topological polar surface area (TPSA) is 89.4 Å². The Morgan fingerprint density at radius 2 is 1.79 bits per heavy atom. The van der Waals surface area contributed by atoms with Crippen LogP contribution >= 0.6 is 0 Å². The first-order chi connectivity index (χ1) is 13.3. The number of hydrogen-bond acceptors (Lipinski definition) is 5. The van der Waals surface area contributed by atoms with Gasteiger partial charge in [-0.3, -0.25) is 4.79 Å². The number of hydrogen-bond donors (Lipinski definition) is 2. The zero-order valence-electron chi connectivity index (χ0n) is 16.7. The van der Waals surface area contributed by atoms with Crippen molar-refractivity contribution in [3.05, 3.63) is 18.2 Å². The molecule has 0 aromatic heterocycles. The van der Waals surface area contributed by atoms with E-state index in [4.69, 9.17) is 9.47 Å². The molecule has 1 aromatic carbocycles. The first-order valence-corrected chi connectivity index (χ1v) is 11.2. The zero-order chi connectivity index (χ0) is 20.3. The van der Waals surface area contributed by atoms with E-state index in [1.165, 1.54) is 10.4 Å². The number of rotatable bonds is 6. The lowest BCUT2D eigenvalue weighted by Crippen LogP contribution is -3.15. The summed E-state index contributed by atoms with van der Waals surface area (Å²) in [5.41, 5.74) is 0. The maximum absolute atomic E-state index is 13.0. The van der Waals surface area contributed by atoms with Crippen molar-refractivity contribution in [2.75, 3.05) is 45.9 Å². The zero-order valence-corrected chi connectivity index (χ0v) is 17.5. The number of nitrogens with one attached hydrogen (secondary N) is 2. The molecule has 2 aliphatic heterocycles. The number of quaternary nitrogens is 1. The Hall–Kier alpha value is -1.84. The van der Waals surface area contributed by atoms with Crippen LogP contribution in [0.3, 0.4) is 0 Å². The lowest BCUT2D eigenvalue weighted by atomic mass is 10.1. The minimum Gasteiger partial charge on any atom is -0.486 e. The molecule has 0 aliphatic carbocycles. The van der Waals surface area contributed by atoms with E-state index in [2.05, 4.69) is 19.2 Å². The van der Waals surface area contributed by atoms with Crippen molar-refractivity contribution in [2.45, 2.75) is 31.7 Å². The van der Waals surface area contributed by atoms with Gasteiger partial charge in [0.2, 0.25) is 10.0 Å². The molecule has 3 rings (SSSR count). The van der Waals surface area contributed by atoms with Gasteiger partial charge in [0, 0.05) is 12.1 Å². The second kappa shape index (κ2) is 8.67. The highest BCUT2D eigenvalue weighted by Gasteiger charge is 2.32. The fourth-order valence-corrected chi connectivity index (χ4v) is 4.71. The lowest BCUT2D eigenvalue weighted by Gasteiger charge is -2.31. The van der Waals surface area contributed by atoms with E-state index in [1.54, 1.807) is 12.1 Å². The summed E-state index contributed by atoms with van der Waals surface area (Å²) in [6.07, 6.45) is 0. The summed E-state index contributed by atoms with van der Waals surface area (Å²) in [6.45, 7) is 9.37. The Kier molecular flexibility index (Phi) is 6.47. The quantitative estimate of drug-likeness (QED) is 0.658. The van der Waals surface area contributed by atoms with Crippen LogP contribution in [0.15, 0.2) is 23.1 Å². The first-order valence-electron chi connectivity index (χ1n) is 9.80. The fourth-order valence-electron chi connectivity index (χ4n) is 3.25. The SMILES string of the molecule is CC(C)[C@H](C)NC(=O)C[NH+]1CCN(S(=O)(=O)c2ccc3c(c2)OCCO3)CC1. The van der Waals surface area contributed by atoms with Gasteiger partial charge in [-0.2, -0.15) is 4.31 Å². The smallest absolute Gasteiger partial charge is 0.275 e. The average molecular weight is 413 g/mol. The molecule has 9 heteroatoms. The standard InChI is InChI=1S/C19H29N3O5S/c1-14(2)15(3)20-19(23)13-21-6-8-22(9-7-21)28(24,25)16-4-5-17-18(12-16)27-11-10-26-17/h4-5,12,14-15H,6-11,13H2,1-3H3,(H,20,23)/p+1/t15-/m0/s1. The summed E-state index contributed by atoms with van der Waals surface area (Å²) in [6, 6.07) is 4.86. The van der Waals surface area contributed by atoms with Gasteiger partial charge in [-0.1, -0.05) is 13.8 Å². The molecule has 0 bridgehead atoms. The molecular formula is C19H30N3O5S+. The third-order valence-corrected chi connectivity index (χ3v) is 7.27. The van der Waals surface area contributed by atoms with Crippen molar-refractivity contribution in [3.63, 3.8) is 0 Å². The lowest BCUT2D eigenvalue weighted by molar-refractivity contribution is -0.895. The molecule has 1 aromatic rings. The first kappa shape index (κ1) is 20.9. The molecule has 2 N–H and O–H groups in total. The molecule has 0 saturated carbocycles. The van der Waals surface area contributed by atoms with Crippen LogP contribution in [0.25, 0.3) is 0 Å². The van der Waals surface area contributed by atoms with Crippen molar-refractivity contribution in [2.24, 2.45) is 5.92 Å². The van der Waals surface area contributed by atoms with Crippen LogP contribution in [-0.2, 0) is 14.8 Å².